The van der Waals surface area contributed by atoms with E-state index in [0.29, 0.717) is 0 Å². The summed E-state index contributed by atoms with van der Waals surface area (Å²) in [4.78, 5) is 15.2. The molecule has 0 spiro atoms. The second kappa shape index (κ2) is 9.18. The molecule has 0 unspecified atom stereocenters. The van der Waals surface area contributed by atoms with Crippen LogP contribution in [0.4, 0.5) is 0 Å². The third kappa shape index (κ3) is 5.63. The summed E-state index contributed by atoms with van der Waals surface area (Å²) < 4.78 is 4.82. The zero-order valence-electron chi connectivity index (χ0n) is 13.2. The number of piperidine rings is 1. The number of esters is 1. The average Bonchev–Trinajstić information content (AvgIpc) is 2.58. The third-order valence-corrected chi connectivity index (χ3v) is 5.35. The lowest BCUT2D eigenvalue weighted by Crippen LogP contribution is -2.39. The van der Waals surface area contributed by atoms with E-state index in [4.69, 9.17) is 10.5 Å². The molecule has 1 aliphatic rings. The molecule has 122 valence electrons. The van der Waals surface area contributed by atoms with Crippen molar-refractivity contribution >= 4 is 17.7 Å². The number of benzene rings is 1. The third-order valence-electron chi connectivity index (χ3n) is 4.15. The molecule has 1 fully saturated rings. The van der Waals surface area contributed by atoms with E-state index in [-0.39, 0.29) is 17.9 Å². The van der Waals surface area contributed by atoms with Crippen molar-refractivity contribution in [3.63, 3.8) is 0 Å². The summed E-state index contributed by atoms with van der Waals surface area (Å²) in [6, 6.07) is 10.6. The lowest BCUT2D eigenvalue weighted by molar-refractivity contribution is -0.147. The maximum Gasteiger partial charge on any atom is 0.308 e. The Labute approximate surface area is 137 Å². The lowest BCUT2D eigenvalue weighted by Gasteiger charge is -2.31. The first-order valence-corrected chi connectivity index (χ1v) is 8.91. The Kier molecular flexibility index (Phi) is 7.22. The van der Waals surface area contributed by atoms with Crippen LogP contribution in [-0.4, -0.2) is 49.4 Å². The molecule has 1 heterocycles. The largest absolute Gasteiger partial charge is 0.469 e. The van der Waals surface area contributed by atoms with E-state index < -0.39 is 0 Å². The molecular formula is C17H26N2O2S. The molecule has 1 aliphatic heterocycles. The Bertz CT molecular complexity index is 447. The first-order valence-electron chi connectivity index (χ1n) is 7.92. The molecule has 1 saturated heterocycles. The van der Waals surface area contributed by atoms with Crippen molar-refractivity contribution in [1.29, 1.82) is 0 Å². The normalized spacial score (nSPS) is 18.1. The highest BCUT2D eigenvalue weighted by Gasteiger charge is 2.25. The van der Waals surface area contributed by atoms with E-state index in [1.165, 1.54) is 12.0 Å². The smallest absolute Gasteiger partial charge is 0.308 e. The molecule has 5 heteroatoms. The minimum Gasteiger partial charge on any atom is -0.469 e. The molecule has 1 atom stereocenters. The van der Waals surface area contributed by atoms with Gasteiger partial charge in [-0.3, -0.25) is 4.79 Å². The number of likely N-dealkylation sites (tertiary alicyclic amines) is 1. The number of nitrogens with zero attached hydrogens (tertiary/aromatic N) is 1. The van der Waals surface area contributed by atoms with Gasteiger partial charge in [0.05, 0.1) is 13.0 Å². The van der Waals surface area contributed by atoms with Gasteiger partial charge >= 0.3 is 5.97 Å². The Hall–Kier alpha value is -1.04. The predicted octanol–water partition coefficient (Wildman–Crippen LogP) is 2.38. The monoisotopic (exact) mass is 322 g/mol. The van der Waals surface area contributed by atoms with Gasteiger partial charge in [-0.05, 0) is 51.0 Å². The summed E-state index contributed by atoms with van der Waals surface area (Å²) in [5.41, 5.74) is 6.21. The summed E-state index contributed by atoms with van der Waals surface area (Å²) in [5.74, 6) is 0.974. The molecule has 1 aromatic rings. The molecule has 1 aromatic carbocycles. The van der Waals surface area contributed by atoms with Crippen molar-refractivity contribution in [2.24, 2.45) is 11.7 Å². The Morgan fingerprint density at radius 3 is 2.68 bits per heavy atom. The summed E-state index contributed by atoms with van der Waals surface area (Å²) in [5, 5.41) is 0. The standard InChI is InChI=1S/C17H26N2O2S/c1-21-17(20)14-7-10-19(11-8-14)12-9-15(18)13-22-16-5-3-2-4-6-16/h2-6,14-15H,7-13,18H2,1H3/t15-/m1/s1. The number of hydrogen-bond donors (Lipinski definition) is 1. The predicted molar refractivity (Wildman–Crippen MR) is 90.9 cm³/mol. The summed E-state index contributed by atoms with van der Waals surface area (Å²) in [6.45, 7) is 2.96. The Morgan fingerprint density at radius 1 is 1.36 bits per heavy atom. The van der Waals surface area contributed by atoms with Crippen molar-refractivity contribution in [1.82, 2.24) is 4.90 Å². The van der Waals surface area contributed by atoms with E-state index in [1.54, 1.807) is 0 Å². The molecule has 2 rings (SSSR count). The van der Waals surface area contributed by atoms with E-state index in [2.05, 4.69) is 29.2 Å². The van der Waals surface area contributed by atoms with Crippen molar-refractivity contribution in [2.45, 2.75) is 30.2 Å². The number of rotatable bonds is 7. The molecule has 0 aromatic heterocycles. The first-order chi connectivity index (χ1) is 10.7. The van der Waals surface area contributed by atoms with Crippen molar-refractivity contribution in [3.8, 4) is 0 Å². The number of methoxy groups -OCH3 is 1. The molecule has 22 heavy (non-hydrogen) atoms. The Balaban J connectivity index is 1.61. The summed E-state index contributed by atoms with van der Waals surface area (Å²) in [7, 11) is 1.47. The van der Waals surface area contributed by atoms with Gasteiger partial charge in [0, 0.05) is 16.7 Å². The van der Waals surface area contributed by atoms with E-state index in [1.807, 2.05) is 17.8 Å². The Morgan fingerprint density at radius 2 is 2.05 bits per heavy atom. The van der Waals surface area contributed by atoms with Gasteiger partial charge < -0.3 is 15.4 Å². The minimum atomic E-state index is -0.0596. The molecule has 0 amide bonds. The lowest BCUT2D eigenvalue weighted by atomic mass is 9.97. The number of ether oxygens (including phenoxy) is 1. The van der Waals surface area contributed by atoms with Gasteiger partial charge in [0.15, 0.2) is 0 Å². The summed E-state index contributed by atoms with van der Waals surface area (Å²) >= 11 is 1.82. The van der Waals surface area contributed by atoms with Crippen LogP contribution in [0.5, 0.6) is 0 Å². The van der Waals surface area contributed by atoms with E-state index in [9.17, 15) is 4.79 Å². The number of hydrogen-bond acceptors (Lipinski definition) is 5. The highest BCUT2D eigenvalue weighted by Crippen LogP contribution is 2.20. The second-order valence-electron chi connectivity index (χ2n) is 5.81. The fourth-order valence-electron chi connectivity index (χ4n) is 2.71. The van der Waals surface area contributed by atoms with Crippen LogP contribution in [0.15, 0.2) is 35.2 Å². The minimum absolute atomic E-state index is 0.0596. The van der Waals surface area contributed by atoms with Crippen LogP contribution < -0.4 is 5.73 Å². The van der Waals surface area contributed by atoms with Gasteiger partial charge in [-0.15, -0.1) is 11.8 Å². The highest BCUT2D eigenvalue weighted by molar-refractivity contribution is 7.99. The van der Waals surface area contributed by atoms with Gasteiger partial charge in [0.2, 0.25) is 0 Å². The van der Waals surface area contributed by atoms with Crippen LogP contribution in [0.2, 0.25) is 0 Å². The van der Waals surface area contributed by atoms with E-state index in [0.717, 1.165) is 44.6 Å². The molecule has 0 aliphatic carbocycles. The van der Waals surface area contributed by atoms with Gasteiger partial charge in [-0.25, -0.2) is 0 Å². The maximum absolute atomic E-state index is 11.5. The van der Waals surface area contributed by atoms with Gasteiger partial charge in [0.1, 0.15) is 0 Å². The van der Waals surface area contributed by atoms with Crippen molar-refractivity contribution < 1.29 is 9.53 Å². The number of thioether (sulfide) groups is 1. The SMILES string of the molecule is COC(=O)C1CCN(CC[C@@H](N)CSc2ccccc2)CC1. The number of carbonyl (C=O) groups excluding carboxylic acids is 1. The topological polar surface area (TPSA) is 55.6 Å². The summed E-state index contributed by atoms with van der Waals surface area (Å²) in [6.07, 6.45) is 2.81. The molecular weight excluding hydrogens is 296 g/mol. The van der Waals surface area contributed by atoms with Crippen molar-refractivity contribution in [3.05, 3.63) is 30.3 Å². The molecule has 0 bridgehead atoms. The van der Waals surface area contributed by atoms with Crippen LogP contribution in [0.25, 0.3) is 0 Å². The maximum atomic E-state index is 11.5. The van der Waals surface area contributed by atoms with Crippen LogP contribution in [0, 0.1) is 5.92 Å². The van der Waals surface area contributed by atoms with Gasteiger partial charge in [-0.2, -0.15) is 0 Å². The zero-order chi connectivity index (χ0) is 15.8. The quantitative estimate of drug-likeness (QED) is 0.617. The number of carbonyl (C=O) groups is 1. The number of nitrogens with two attached hydrogens (primary N) is 1. The van der Waals surface area contributed by atoms with Crippen LogP contribution in [0.3, 0.4) is 0 Å². The van der Waals surface area contributed by atoms with E-state index >= 15 is 0 Å². The second-order valence-corrected chi connectivity index (χ2v) is 6.91. The van der Waals surface area contributed by atoms with Gasteiger partial charge in [0.25, 0.3) is 0 Å². The molecule has 4 nitrogen and oxygen atoms in total. The molecule has 0 radical (unpaired) electrons. The van der Waals surface area contributed by atoms with Crippen molar-refractivity contribution in [2.75, 3.05) is 32.5 Å². The highest BCUT2D eigenvalue weighted by atomic mass is 32.2. The fraction of sp³-hybridized carbons (Fsp3) is 0.588. The molecule has 2 N–H and O–H groups in total. The van der Waals surface area contributed by atoms with Crippen LogP contribution in [-0.2, 0) is 9.53 Å². The first kappa shape index (κ1) is 17.3. The average molecular weight is 322 g/mol. The zero-order valence-corrected chi connectivity index (χ0v) is 14.1. The van der Waals surface area contributed by atoms with Crippen LogP contribution >= 0.6 is 11.8 Å². The van der Waals surface area contributed by atoms with Crippen LogP contribution in [0.1, 0.15) is 19.3 Å². The molecule has 0 saturated carbocycles. The van der Waals surface area contributed by atoms with Gasteiger partial charge in [-0.1, -0.05) is 18.2 Å². The fourth-order valence-corrected chi connectivity index (χ4v) is 3.63.